The van der Waals surface area contributed by atoms with E-state index in [1.165, 1.54) is 18.3 Å². The van der Waals surface area contributed by atoms with Crippen molar-refractivity contribution < 1.29 is 17.9 Å². The van der Waals surface area contributed by atoms with E-state index in [4.69, 9.17) is 16.7 Å². The molecule has 0 saturated carbocycles. The SMILES string of the molecule is O=S(=O)(Nc1cccnn1)c1cc(F)c(Cl)c(CO)c1. The molecule has 2 rings (SSSR count). The second-order valence-corrected chi connectivity index (χ2v) is 5.81. The topological polar surface area (TPSA) is 92.2 Å². The largest absolute Gasteiger partial charge is 0.392 e. The predicted molar refractivity (Wildman–Crippen MR) is 70.2 cm³/mol. The highest BCUT2D eigenvalue weighted by Gasteiger charge is 2.19. The molecule has 6 nitrogen and oxygen atoms in total. The van der Waals surface area contributed by atoms with Crippen molar-refractivity contribution in [1.29, 1.82) is 0 Å². The molecule has 20 heavy (non-hydrogen) atoms. The van der Waals surface area contributed by atoms with Gasteiger partial charge in [-0.3, -0.25) is 4.72 Å². The molecule has 0 radical (unpaired) electrons. The highest BCUT2D eigenvalue weighted by atomic mass is 35.5. The lowest BCUT2D eigenvalue weighted by Crippen LogP contribution is -2.15. The van der Waals surface area contributed by atoms with Gasteiger partial charge in [-0.05, 0) is 24.3 Å². The third-order valence-electron chi connectivity index (χ3n) is 2.37. The van der Waals surface area contributed by atoms with Crippen LogP contribution in [0.5, 0.6) is 0 Å². The Balaban J connectivity index is 2.42. The van der Waals surface area contributed by atoms with E-state index in [1.807, 2.05) is 0 Å². The second kappa shape index (κ2) is 5.70. The van der Waals surface area contributed by atoms with Gasteiger partial charge in [0.15, 0.2) is 5.82 Å². The van der Waals surface area contributed by atoms with Crippen LogP contribution < -0.4 is 4.72 Å². The van der Waals surface area contributed by atoms with Crippen LogP contribution in [0, 0.1) is 5.82 Å². The highest BCUT2D eigenvalue weighted by molar-refractivity contribution is 7.92. The van der Waals surface area contributed by atoms with Gasteiger partial charge in [-0.2, -0.15) is 5.10 Å². The van der Waals surface area contributed by atoms with Crippen molar-refractivity contribution in [3.05, 3.63) is 46.9 Å². The molecule has 2 aromatic rings. The first-order chi connectivity index (χ1) is 9.44. The van der Waals surface area contributed by atoms with E-state index in [-0.39, 0.29) is 21.3 Å². The molecule has 0 aliphatic heterocycles. The van der Waals surface area contributed by atoms with Gasteiger partial charge >= 0.3 is 0 Å². The van der Waals surface area contributed by atoms with Crippen molar-refractivity contribution >= 4 is 27.4 Å². The van der Waals surface area contributed by atoms with Crippen molar-refractivity contribution in [2.75, 3.05) is 4.72 Å². The zero-order chi connectivity index (χ0) is 14.8. The van der Waals surface area contributed by atoms with E-state index in [0.29, 0.717) is 0 Å². The highest BCUT2D eigenvalue weighted by Crippen LogP contribution is 2.25. The van der Waals surface area contributed by atoms with Crippen molar-refractivity contribution in [3.8, 4) is 0 Å². The van der Waals surface area contributed by atoms with Crippen LogP contribution in [-0.2, 0) is 16.6 Å². The molecule has 0 amide bonds. The molecule has 0 spiro atoms. The summed E-state index contributed by atoms with van der Waals surface area (Å²) in [6, 6.07) is 4.74. The monoisotopic (exact) mass is 317 g/mol. The minimum atomic E-state index is -4.05. The number of halogens is 2. The Hall–Kier alpha value is -1.77. The van der Waals surface area contributed by atoms with Crippen molar-refractivity contribution in [3.63, 3.8) is 0 Å². The summed E-state index contributed by atoms with van der Waals surface area (Å²) in [5.41, 5.74) is -0.0220. The number of aromatic nitrogens is 2. The molecule has 9 heteroatoms. The van der Waals surface area contributed by atoms with Crippen molar-refractivity contribution in [1.82, 2.24) is 10.2 Å². The van der Waals surface area contributed by atoms with E-state index in [0.717, 1.165) is 12.1 Å². The predicted octanol–water partition coefficient (Wildman–Crippen LogP) is 1.56. The normalized spacial score (nSPS) is 11.3. The maximum Gasteiger partial charge on any atom is 0.263 e. The number of nitrogens with zero attached hydrogens (tertiary/aromatic N) is 2. The molecule has 0 atom stereocenters. The summed E-state index contributed by atoms with van der Waals surface area (Å²) < 4.78 is 39.8. The molecular formula is C11H9ClFN3O3S. The number of aliphatic hydroxyl groups excluding tert-OH is 1. The fourth-order valence-corrected chi connectivity index (χ4v) is 2.67. The molecule has 2 N–H and O–H groups in total. The lowest BCUT2D eigenvalue weighted by molar-refractivity contribution is 0.281. The van der Waals surface area contributed by atoms with Gasteiger partial charge in [-0.15, -0.1) is 5.10 Å². The first kappa shape index (κ1) is 14.6. The van der Waals surface area contributed by atoms with Gasteiger partial charge in [-0.1, -0.05) is 11.6 Å². The fourth-order valence-electron chi connectivity index (χ4n) is 1.44. The summed E-state index contributed by atoms with van der Waals surface area (Å²) in [6.07, 6.45) is 1.38. The molecule has 106 valence electrons. The van der Waals surface area contributed by atoms with Gasteiger partial charge < -0.3 is 5.11 Å². The molecule has 0 saturated heterocycles. The molecule has 0 bridgehead atoms. The smallest absolute Gasteiger partial charge is 0.263 e. The van der Waals surface area contributed by atoms with E-state index in [9.17, 15) is 12.8 Å². The van der Waals surface area contributed by atoms with E-state index in [2.05, 4.69) is 14.9 Å². The number of hydrogen-bond acceptors (Lipinski definition) is 5. The molecule has 0 aliphatic carbocycles. The number of anilines is 1. The third kappa shape index (κ3) is 3.03. The molecule has 1 heterocycles. The summed E-state index contributed by atoms with van der Waals surface area (Å²) in [4.78, 5) is -0.367. The number of aliphatic hydroxyl groups is 1. The number of hydrogen-bond donors (Lipinski definition) is 2. The van der Waals surface area contributed by atoms with Crippen molar-refractivity contribution in [2.45, 2.75) is 11.5 Å². The number of rotatable bonds is 4. The maximum atomic E-state index is 13.5. The average molecular weight is 318 g/mol. The first-order valence-corrected chi connectivity index (χ1v) is 7.19. The van der Waals surface area contributed by atoms with E-state index < -0.39 is 22.4 Å². The van der Waals surface area contributed by atoms with Gasteiger partial charge in [0.1, 0.15) is 5.82 Å². The van der Waals surface area contributed by atoms with Crippen molar-refractivity contribution in [2.24, 2.45) is 0 Å². The lowest BCUT2D eigenvalue weighted by atomic mass is 10.2. The molecule has 1 aromatic carbocycles. The lowest BCUT2D eigenvalue weighted by Gasteiger charge is -2.09. The first-order valence-electron chi connectivity index (χ1n) is 5.33. The van der Waals surface area contributed by atoms with Gasteiger partial charge in [-0.25, -0.2) is 12.8 Å². The van der Waals surface area contributed by atoms with Crippen LogP contribution in [0.4, 0.5) is 10.2 Å². The van der Waals surface area contributed by atoms with Crippen LogP contribution in [0.2, 0.25) is 5.02 Å². The van der Waals surface area contributed by atoms with E-state index in [1.54, 1.807) is 0 Å². The summed E-state index contributed by atoms with van der Waals surface area (Å²) in [6.45, 7) is -0.579. The second-order valence-electron chi connectivity index (χ2n) is 3.75. The Bertz CT molecular complexity index is 725. The third-order valence-corrected chi connectivity index (χ3v) is 4.13. The summed E-state index contributed by atoms with van der Waals surface area (Å²) in [5, 5.41) is 15.8. The average Bonchev–Trinajstić information content (AvgIpc) is 2.42. The van der Waals surface area contributed by atoms with Crippen LogP contribution in [0.25, 0.3) is 0 Å². The minimum Gasteiger partial charge on any atom is -0.392 e. The van der Waals surface area contributed by atoms with Gasteiger partial charge in [0, 0.05) is 11.8 Å². The summed E-state index contributed by atoms with van der Waals surface area (Å²) in [5.74, 6) is -0.939. The Labute approximate surface area is 119 Å². The molecule has 0 unspecified atom stereocenters. The molecule has 0 aliphatic rings. The van der Waals surface area contributed by atoms with Crippen LogP contribution in [-0.4, -0.2) is 23.7 Å². The molecule has 1 aromatic heterocycles. The van der Waals surface area contributed by atoms with Crippen LogP contribution in [0.15, 0.2) is 35.4 Å². The summed E-state index contributed by atoms with van der Waals surface area (Å²) in [7, 11) is -4.05. The number of sulfonamides is 1. The standard InChI is InChI=1S/C11H9ClFN3O3S/c12-11-7(6-17)4-8(5-9(11)13)20(18,19)16-10-2-1-3-14-15-10/h1-5,17H,6H2,(H,15,16). The van der Waals surface area contributed by atoms with E-state index >= 15 is 0 Å². The molecule has 0 fully saturated rings. The number of nitrogens with one attached hydrogen (secondary N) is 1. The Morgan fingerprint density at radius 1 is 1.40 bits per heavy atom. The van der Waals surface area contributed by atoms with Crippen LogP contribution in [0.1, 0.15) is 5.56 Å². The number of benzene rings is 1. The van der Waals surface area contributed by atoms with Crippen LogP contribution >= 0.6 is 11.6 Å². The minimum absolute atomic E-state index is 0.00610. The van der Waals surface area contributed by atoms with Crippen LogP contribution in [0.3, 0.4) is 0 Å². The maximum absolute atomic E-state index is 13.5. The van der Waals surface area contributed by atoms with Gasteiger partial charge in [0.25, 0.3) is 10.0 Å². The quantitative estimate of drug-likeness (QED) is 0.893. The fraction of sp³-hybridized carbons (Fsp3) is 0.0909. The van der Waals surface area contributed by atoms with Gasteiger partial charge in [0.05, 0.1) is 16.5 Å². The zero-order valence-electron chi connectivity index (χ0n) is 9.92. The zero-order valence-corrected chi connectivity index (χ0v) is 11.5. The van der Waals surface area contributed by atoms with Gasteiger partial charge in [0.2, 0.25) is 0 Å². The Morgan fingerprint density at radius 3 is 2.75 bits per heavy atom. The summed E-state index contributed by atoms with van der Waals surface area (Å²) >= 11 is 5.60. The molecular weight excluding hydrogens is 309 g/mol. The Morgan fingerprint density at radius 2 is 2.15 bits per heavy atom. The Kier molecular flexibility index (Phi) is 4.17.